The first kappa shape index (κ1) is 37.3. The minimum Gasteiger partial charge on any atom is -0.493 e. The lowest BCUT2D eigenvalue weighted by molar-refractivity contribution is -0.120. The van der Waals surface area contributed by atoms with Crippen molar-refractivity contribution in [2.75, 3.05) is 16.8 Å². The third-order valence-corrected chi connectivity index (χ3v) is 10.8. The maximum absolute atomic E-state index is 15.6. The van der Waals surface area contributed by atoms with Gasteiger partial charge in [0.2, 0.25) is 6.17 Å². The molecule has 1 atom stereocenters. The summed E-state index contributed by atoms with van der Waals surface area (Å²) in [6.45, 7) is 0.650. The summed E-state index contributed by atoms with van der Waals surface area (Å²) >= 11 is 0. The lowest BCUT2D eigenvalue weighted by Crippen LogP contribution is -2.48. The Hall–Kier alpha value is -7.33. The molecule has 7 aromatic rings. The van der Waals surface area contributed by atoms with Crippen LogP contribution in [0, 0.1) is 11.7 Å². The summed E-state index contributed by atoms with van der Waals surface area (Å²) < 4.78 is 23.6. The maximum atomic E-state index is 15.6. The van der Waals surface area contributed by atoms with E-state index in [1.165, 1.54) is 6.07 Å². The summed E-state index contributed by atoms with van der Waals surface area (Å²) in [7, 11) is 0. The number of imidazole rings is 1. The number of ether oxygens (including phenoxy) is 1. The van der Waals surface area contributed by atoms with Crippen LogP contribution < -0.4 is 20.3 Å². The Morgan fingerprint density at radius 2 is 1.36 bits per heavy atom. The van der Waals surface area contributed by atoms with Crippen LogP contribution >= 0.6 is 0 Å². The van der Waals surface area contributed by atoms with E-state index in [1.807, 2.05) is 79.0 Å². The molecule has 6 aromatic carbocycles. The Balaban J connectivity index is 1.10. The number of fused-ring (bicyclic) bond motifs is 1. The SMILES string of the molecule is O=C(Nc1cccc(OCC2CC2)c1)N[C@@H]1N=C(c2ccccc2F)c2ccccc2N(Cc2cn(C(c3ccccc3)(c3ccccc3)c3ccccc3)cn2)C1=O. The van der Waals surface area contributed by atoms with Crippen LogP contribution in [0.15, 0.2) is 181 Å². The van der Waals surface area contributed by atoms with Gasteiger partial charge in [-0.25, -0.2) is 19.2 Å². The van der Waals surface area contributed by atoms with Crippen molar-refractivity contribution in [1.29, 1.82) is 0 Å². The number of carbonyl (C=O) groups is 2. The second-order valence-electron chi connectivity index (χ2n) is 14.8. The van der Waals surface area contributed by atoms with Gasteiger partial charge in [0.05, 0.1) is 36.6 Å². The number of carbonyl (C=O) groups excluding carboxylic acids is 2. The van der Waals surface area contributed by atoms with Crippen molar-refractivity contribution in [1.82, 2.24) is 14.9 Å². The van der Waals surface area contributed by atoms with E-state index >= 15 is 4.39 Å². The van der Waals surface area contributed by atoms with Gasteiger partial charge >= 0.3 is 6.03 Å². The lowest BCUT2D eigenvalue weighted by Gasteiger charge is -2.37. The van der Waals surface area contributed by atoms with Crippen LogP contribution in [0.5, 0.6) is 5.75 Å². The molecule has 292 valence electrons. The second kappa shape index (κ2) is 16.3. The van der Waals surface area contributed by atoms with Crippen molar-refractivity contribution < 1.29 is 18.7 Å². The number of nitrogens with zero attached hydrogens (tertiary/aromatic N) is 4. The lowest BCUT2D eigenvalue weighted by atomic mass is 9.77. The zero-order chi connectivity index (χ0) is 40.2. The number of aromatic nitrogens is 2. The number of benzodiazepines with no additional fused rings is 1. The molecule has 59 heavy (non-hydrogen) atoms. The van der Waals surface area contributed by atoms with Crippen LogP contribution in [0.3, 0.4) is 0 Å². The van der Waals surface area contributed by atoms with Crippen LogP contribution in [-0.2, 0) is 16.9 Å². The van der Waals surface area contributed by atoms with Gasteiger partial charge in [-0.1, -0.05) is 127 Å². The molecule has 2 N–H and O–H groups in total. The number of benzene rings is 6. The zero-order valence-corrected chi connectivity index (χ0v) is 32.1. The van der Waals surface area contributed by atoms with E-state index in [4.69, 9.17) is 14.7 Å². The summed E-state index contributed by atoms with van der Waals surface area (Å²) in [5.74, 6) is 0.177. The highest BCUT2D eigenvalue weighted by Gasteiger charge is 2.39. The first-order chi connectivity index (χ1) is 29.0. The van der Waals surface area contributed by atoms with E-state index in [0.717, 1.165) is 29.5 Å². The Morgan fingerprint density at radius 1 is 0.746 bits per heavy atom. The molecule has 1 aliphatic carbocycles. The van der Waals surface area contributed by atoms with Gasteiger partial charge in [0.15, 0.2) is 0 Å². The molecular formula is C49H41FN6O3. The average molecular weight is 781 g/mol. The molecular weight excluding hydrogens is 740 g/mol. The average Bonchev–Trinajstić information content (AvgIpc) is 4.02. The van der Waals surface area contributed by atoms with Crippen molar-refractivity contribution in [3.05, 3.63) is 216 Å². The van der Waals surface area contributed by atoms with E-state index in [2.05, 4.69) is 51.6 Å². The minimum absolute atomic E-state index is 0.0253. The summed E-state index contributed by atoms with van der Waals surface area (Å²) in [6.07, 6.45) is 4.64. The van der Waals surface area contributed by atoms with Crippen LogP contribution in [0.4, 0.5) is 20.6 Å². The normalized spacial score (nSPS) is 15.1. The number of amides is 3. The number of hydrogen-bond acceptors (Lipinski definition) is 5. The van der Waals surface area contributed by atoms with Gasteiger partial charge in [-0.2, -0.15) is 0 Å². The van der Waals surface area contributed by atoms with Crippen molar-refractivity contribution in [2.45, 2.75) is 31.1 Å². The molecule has 0 saturated heterocycles. The van der Waals surface area contributed by atoms with Crippen molar-refractivity contribution in [3.8, 4) is 5.75 Å². The van der Waals surface area contributed by atoms with Crippen LogP contribution in [0.25, 0.3) is 0 Å². The molecule has 1 fully saturated rings. The molecule has 0 bridgehead atoms. The summed E-state index contributed by atoms with van der Waals surface area (Å²) in [5.41, 5.74) is 4.78. The summed E-state index contributed by atoms with van der Waals surface area (Å²) in [6, 6.07) is 50.8. The number of para-hydroxylation sites is 1. The highest BCUT2D eigenvalue weighted by molar-refractivity contribution is 6.20. The van der Waals surface area contributed by atoms with Gasteiger partial charge < -0.3 is 24.8 Å². The summed E-state index contributed by atoms with van der Waals surface area (Å²) in [5, 5.41) is 5.62. The van der Waals surface area contributed by atoms with Gasteiger partial charge in [-0.15, -0.1) is 0 Å². The van der Waals surface area contributed by atoms with Crippen LogP contribution in [0.2, 0.25) is 0 Å². The number of halogens is 1. The number of anilines is 2. The van der Waals surface area contributed by atoms with Crippen LogP contribution in [-0.4, -0.2) is 40.0 Å². The Labute approximate surface area is 341 Å². The standard InChI is InChI=1S/C49H41FN6O3/c50-43-25-12-10-23-41(43)45-42-24-11-13-26-44(42)56(47(57)46(53-45)54-48(58)52-38-21-14-22-40(29-38)59-32-34-27-28-34)31-39-30-55(33-51-39)49(35-15-4-1-5-16-35,36-17-6-2-7-18-36)37-19-8-3-9-20-37/h1-26,29-30,33-34,46H,27-28,31-32H2,(H2,52,54,58)/t46-/m0/s1. The predicted octanol–water partition coefficient (Wildman–Crippen LogP) is 9.18. The second-order valence-corrected chi connectivity index (χ2v) is 14.8. The van der Waals surface area contributed by atoms with E-state index < -0.39 is 29.5 Å². The Bertz CT molecular complexity index is 2530. The van der Waals surface area contributed by atoms with E-state index in [-0.39, 0.29) is 17.8 Å². The molecule has 2 aliphatic rings. The molecule has 9 nitrogen and oxygen atoms in total. The molecule has 3 amide bonds. The predicted molar refractivity (Wildman–Crippen MR) is 227 cm³/mol. The Kier molecular flexibility index (Phi) is 10.3. The number of rotatable bonds is 12. The third-order valence-electron chi connectivity index (χ3n) is 10.8. The largest absolute Gasteiger partial charge is 0.493 e. The third kappa shape index (κ3) is 7.60. The van der Waals surface area contributed by atoms with Crippen LogP contribution in [0.1, 0.15) is 46.4 Å². The monoisotopic (exact) mass is 780 g/mol. The molecule has 9 rings (SSSR count). The topological polar surface area (TPSA) is 101 Å². The van der Waals surface area contributed by atoms with E-state index in [0.29, 0.717) is 40.9 Å². The van der Waals surface area contributed by atoms with Gasteiger partial charge in [0.25, 0.3) is 5.91 Å². The van der Waals surface area contributed by atoms with E-state index in [1.54, 1.807) is 59.8 Å². The minimum atomic E-state index is -1.43. The number of urea groups is 1. The number of nitrogens with one attached hydrogen (secondary N) is 2. The highest BCUT2D eigenvalue weighted by Crippen LogP contribution is 2.41. The molecule has 0 unspecified atom stereocenters. The fourth-order valence-electron chi connectivity index (χ4n) is 7.78. The molecule has 1 aliphatic heterocycles. The Morgan fingerprint density at radius 3 is 2.00 bits per heavy atom. The number of aliphatic imine (C=N–C) groups is 1. The maximum Gasteiger partial charge on any atom is 0.321 e. The van der Waals surface area contributed by atoms with Crippen molar-refractivity contribution in [3.63, 3.8) is 0 Å². The van der Waals surface area contributed by atoms with Gasteiger partial charge in [0, 0.05) is 29.1 Å². The fourth-order valence-corrected chi connectivity index (χ4v) is 7.78. The molecule has 0 spiro atoms. The van der Waals surface area contributed by atoms with Gasteiger partial charge in [-0.3, -0.25) is 4.79 Å². The molecule has 1 aromatic heterocycles. The zero-order valence-electron chi connectivity index (χ0n) is 32.1. The van der Waals surface area contributed by atoms with E-state index in [9.17, 15) is 9.59 Å². The first-order valence-electron chi connectivity index (χ1n) is 19.7. The number of hydrogen-bond donors (Lipinski definition) is 2. The van der Waals surface area contributed by atoms with Gasteiger partial charge in [-0.05, 0) is 65.8 Å². The molecule has 0 radical (unpaired) electrons. The molecule has 10 heteroatoms. The first-order valence-corrected chi connectivity index (χ1v) is 19.7. The molecule has 1 saturated carbocycles. The van der Waals surface area contributed by atoms with Gasteiger partial charge in [0.1, 0.15) is 17.1 Å². The smallest absolute Gasteiger partial charge is 0.321 e. The van der Waals surface area contributed by atoms with Crippen molar-refractivity contribution in [2.24, 2.45) is 10.9 Å². The highest BCUT2D eigenvalue weighted by atomic mass is 19.1. The summed E-state index contributed by atoms with van der Waals surface area (Å²) in [4.78, 5) is 39.9. The molecule has 2 heterocycles. The fraction of sp³-hybridized carbons (Fsp3) is 0.143. The van der Waals surface area contributed by atoms with Crippen molar-refractivity contribution >= 4 is 29.0 Å². The quantitative estimate of drug-likeness (QED) is 0.121.